The van der Waals surface area contributed by atoms with Crippen LogP contribution in [0.2, 0.25) is 5.02 Å². The number of phenols is 2. The van der Waals surface area contributed by atoms with Crippen molar-refractivity contribution in [2.24, 2.45) is 0 Å². The number of hydrogen-bond donors (Lipinski definition) is 3. The van der Waals surface area contributed by atoms with Crippen LogP contribution in [-0.4, -0.2) is 37.8 Å². The van der Waals surface area contributed by atoms with Gasteiger partial charge in [0.05, 0.1) is 4.91 Å². The summed E-state index contributed by atoms with van der Waals surface area (Å²) < 4.78 is 0.468. The molecule has 0 spiro atoms. The Morgan fingerprint density at radius 1 is 1.13 bits per heavy atom. The molecule has 31 heavy (non-hydrogen) atoms. The number of anilines is 1. The number of hydrogen-bond acceptors (Lipinski definition) is 6. The standard InChI is InChI=1S/C22H21ClN2O4S2/c23-15-6-8-16(9-7-15)24-20(28)4-2-1-3-11-25-21(29)19(31-22(25)30)12-14-5-10-17(26)13-18(14)27/h5-10,12-13,26-27H,1-4,11H2,(H,24,28)/b19-12-. The van der Waals surface area contributed by atoms with E-state index in [1.807, 2.05) is 0 Å². The Kier molecular flexibility index (Phi) is 7.95. The van der Waals surface area contributed by atoms with Crippen molar-refractivity contribution in [2.45, 2.75) is 25.7 Å². The maximum absolute atomic E-state index is 12.6. The minimum atomic E-state index is -0.206. The number of phenolic OH excluding ortho intramolecular Hbond substituents is 2. The van der Waals surface area contributed by atoms with Crippen molar-refractivity contribution in [3.8, 4) is 11.5 Å². The van der Waals surface area contributed by atoms with Gasteiger partial charge in [0, 0.05) is 35.3 Å². The second-order valence-electron chi connectivity index (χ2n) is 6.94. The molecule has 2 aromatic carbocycles. The Labute approximate surface area is 194 Å². The first-order chi connectivity index (χ1) is 14.8. The second kappa shape index (κ2) is 10.7. The van der Waals surface area contributed by atoms with Crippen LogP contribution in [0.3, 0.4) is 0 Å². The SMILES string of the molecule is O=C(CCCCCN1C(=O)/C(=C/c2ccc(O)cc2O)SC1=S)Nc1ccc(Cl)cc1. The summed E-state index contributed by atoms with van der Waals surface area (Å²) >= 11 is 12.3. The van der Waals surface area contributed by atoms with E-state index in [0.29, 0.717) is 44.9 Å². The molecule has 0 aliphatic carbocycles. The van der Waals surface area contributed by atoms with Crippen molar-refractivity contribution >= 4 is 63.5 Å². The number of nitrogens with one attached hydrogen (secondary N) is 1. The maximum atomic E-state index is 12.6. The molecule has 3 rings (SSSR count). The highest BCUT2D eigenvalue weighted by molar-refractivity contribution is 8.26. The number of aromatic hydroxyl groups is 2. The van der Waals surface area contributed by atoms with Crippen molar-refractivity contribution < 1.29 is 19.8 Å². The van der Waals surface area contributed by atoms with Crippen molar-refractivity contribution in [1.29, 1.82) is 0 Å². The molecule has 0 saturated carbocycles. The number of unbranched alkanes of at least 4 members (excludes halogenated alkanes) is 2. The number of thioether (sulfide) groups is 1. The molecule has 0 radical (unpaired) electrons. The lowest BCUT2D eigenvalue weighted by Gasteiger charge is -2.14. The minimum Gasteiger partial charge on any atom is -0.508 e. The van der Waals surface area contributed by atoms with Crippen LogP contribution in [0.15, 0.2) is 47.4 Å². The van der Waals surface area contributed by atoms with E-state index in [1.54, 1.807) is 30.3 Å². The van der Waals surface area contributed by atoms with E-state index in [-0.39, 0.29) is 23.3 Å². The molecule has 162 valence electrons. The third-order valence-electron chi connectivity index (χ3n) is 4.59. The summed E-state index contributed by atoms with van der Waals surface area (Å²) in [7, 11) is 0. The molecule has 9 heteroatoms. The molecule has 6 nitrogen and oxygen atoms in total. The molecule has 0 atom stereocenters. The topological polar surface area (TPSA) is 89.9 Å². The molecular formula is C22H21ClN2O4S2. The van der Waals surface area contributed by atoms with Crippen LogP contribution in [0.25, 0.3) is 6.08 Å². The molecular weight excluding hydrogens is 456 g/mol. The van der Waals surface area contributed by atoms with Gasteiger partial charge in [0.2, 0.25) is 5.91 Å². The van der Waals surface area contributed by atoms with Gasteiger partial charge in [0.1, 0.15) is 15.8 Å². The summed E-state index contributed by atoms with van der Waals surface area (Å²) in [5.74, 6) is -0.432. The van der Waals surface area contributed by atoms with Crippen molar-refractivity contribution in [2.75, 3.05) is 11.9 Å². The van der Waals surface area contributed by atoms with Gasteiger partial charge in [-0.3, -0.25) is 14.5 Å². The zero-order chi connectivity index (χ0) is 22.4. The first kappa shape index (κ1) is 23.1. The Morgan fingerprint density at radius 3 is 2.58 bits per heavy atom. The van der Waals surface area contributed by atoms with Gasteiger partial charge in [-0.05, 0) is 55.3 Å². The van der Waals surface area contributed by atoms with Gasteiger partial charge >= 0.3 is 0 Å². The lowest BCUT2D eigenvalue weighted by Crippen LogP contribution is -2.29. The van der Waals surface area contributed by atoms with E-state index in [1.165, 1.54) is 34.9 Å². The number of carbonyl (C=O) groups is 2. The number of thiocarbonyl (C=S) groups is 1. The molecule has 0 aromatic heterocycles. The summed E-state index contributed by atoms with van der Waals surface area (Å²) in [5.41, 5.74) is 1.14. The molecule has 1 aliphatic rings. The molecule has 2 amide bonds. The highest BCUT2D eigenvalue weighted by Crippen LogP contribution is 2.35. The lowest BCUT2D eigenvalue weighted by atomic mass is 10.1. The maximum Gasteiger partial charge on any atom is 0.266 e. The van der Waals surface area contributed by atoms with Gasteiger partial charge in [-0.2, -0.15) is 0 Å². The van der Waals surface area contributed by atoms with Crippen LogP contribution in [0, 0.1) is 0 Å². The fraction of sp³-hybridized carbons (Fsp3) is 0.227. The van der Waals surface area contributed by atoms with Crippen LogP contribution in [0.5, 0.6) is 11.5 Å². The highest BCUT2D eigenvalue weighted by atomic mass is 35.5. The Hall–Kier alpha value is -2.55. The molecule has 3 N–H and O–H groups in total. The molecule has 2 aromatic rings. The summed E-state index contributed by atoms with van der Waals surface area (Å²) in [6.45, 7) is 0.475. The van der Waals surface area contributed by atoms with E-state index >= 15 is 0 Å². The van der Waals surface area contributed by atoms with Crippen LogP contribution < -0.4 is 5.32 Å². The number of nitrogens with zero attached hydrogens (tertiary/aromatic N) is 1. The molecule has 0 unspecified atom stereocenters. The summed E-state index contributed by atoms with van der Waals surface area (Å²) in [6, 6.07) is 11.1. The van der Waals surface area contributed by atoms with Gasteiger partial charge in [0.15, 0.2) is 0 Å². The van der Waals surface area contributed by atoms with Gasteiger partial charge in [-0.25, -0.2) is 0 Å². The van der Waals surface area contributed by atoms with Crippen LogP contribution in [-0.2, 0) is 9.59 Å². The Balaban J connectivity index is 1.43. The third-order valence-corrected chi connectivity index (χ3v) is 6.22. The third kappa shape index (κ3) is 6.46. The predicted octanol–water partition coefficient (Wildman–Crippen LogP) is 5.15. The average Bonchev–Trinajstić information content (AvgIpc) is 2.98. The van der Waals surface area contributed by atoms with Crippen LogP contribution >= 0.6 is 35.6 Å². The number of rotatable bonds is 8. The minimum absolute atomic E-state index is 0.0518. The molecule has 1 saturated heterocycles. The first-order valence-electron chi connectivity index (χ1n) is 9.66. The van der Waals surface area contributed by atoms with E-state index in [9.17, 15) is 19.8 Å². The Bertz CT molecular complexity index is 1020. The average molecular weight is 477 g/mol. The van der Waals surface area contributed by atoms with Crippen molar-refractivity contribution in [3.63, 3.8) is 0 Å². The molecule has 1 fully saturated rings. The van der Waals surface area contributed by atoms with Gasteiger partial charge < -0.3 is 15.5 Å². The summed E-state index contributed by atoms with van der Waals surface area (Å²) in [6.07, 6.45) is 4.16. The number of halogens is 1. The predicted molar refractivity (Wildman–Crippen MR) is 128 cm³/mol. The fourth-order valence-electron chi connectivity index (χ4n) is 2.98. The summed E-state index contributed by atoms with van der Waals surface area (Å²) in [4.78, 5) is 26.6. The smallest absolute Gasteiger partial charge is 0.266 e. The monoisotopic (exact) mass is 476 g/mol. The zero-order valence-corrected chi connectivity index (χ0v) is 18.9. The number of amides is 2. The van der Waals surface area contributed by atoms with Gasteiger partial charge in [0.25, 0.3) is 5.91 Å². The fourth-order valence-corrected chi connectivity index (χ4v) is 4.40. The molecule has 1 aliphatic heterocycles. The van der Waals surface area contributed by atoms with E-state index in [2.05, 4.69) is 5.32 Å². The Morgan fingerprint density at radius 2 is 1.87 bits per heavy atom. The van der Waals surface area contributed by atoms with Crippen LogP contribution in [0.1, 0.15) is 31.2 Å². The first-order valence-corrected chi connectivity index (χ1v) is 11.3. The van der Waals surface area contributed by atoms with E-state index in [0.717, 1.165) is 12.8 Å². The van der Waals surface area contributed by atoms with Gasteiger partial charge in [-0.1, -0.05) is 42.0 Å². The quantitative estimate of drug-likeness (QED) is 0.277. The molecule has 0 bridgehead atoms. The van der Waals surface area contributed by atoms with Crippen LogP contribution in [0.4, 0.5) is 5.69 Å². The van der Waals surface area contributed by atoms with E-state index < -0.39 is 0 Å². The largest absolute Gasteiger partial charge is 0.508 e. The number of carbonyl (C=O) groups excluding carboxylic acids is 2. The highest BCUT2D eigenvalue weighted by Gasteiger charge is 2.31. The lowest BCUT2D eigenvalue weighted by molar-refractivity contribution is -0.122. The van der Waals surface area contributed by atoms with E-state index in [4.69, 9.17) is 23.8 Å². The second-order valence-corrected chi connectivity index (χ2v) is 9.05. The zero-order valence-electron chi connectivity index (χ0n) is 16.5. The van der Waals surface area contributed by atoms with Crippen molar-refractivity contribution in [1.82, 2.24) is 4.90 Å². The summed E-state index contributed by atoms with van der Waals surface area (Å²) in [5, 5.41) is 22.7. The molecule has 1 heterocycles. The normalized spacial score (nSPS) is 15.0. The number of benzene rings is 2. The van der Waals surface area contributed by atoms with Crippen molar-refractivity contribution in [3.05, 3.63) is 58.0 Å². The van der Waals surface area contributed by atoms with Gasteiger partial charge in [-0.15, -0.1) is 0 Å².